The number of halogens is 1. The molecule has 2 N–H and O–H groups in total. The first kappa shape index (κ1) is 15.7. The van der Waals surface area contributed by atoms with Crippen LogP contribution in [-0.4, -0.2) is 24.9 Å². The fraction of sp³-hybridized carbons (Fsp3) is 0.231. The van der Waals surface area contributed by atoms with Gasteiger partial charge in [0.15, 0.2) is 5.82 Å². The van der Waals surface area contributed by atoms with Crippen molar-refractivity contribution >= 4 is 37.6 Å². The standard InChI is InChI=1S/C13H15BrN4O2S/c1-2-7-15-12-6-5-10(9-17-12)21(19,20)18-13-11(14)4-3-8-16-13/h3-6,8-9H,2,7H2,1H3,(H,15,17)(H,16,18). The largest absolute Gasteiger partial charge is 0.370 e. The number of aromatic nitrogens is 2. The molecular formula is C13H15BrN4O2S. The zero-order chi connectivity index (χ0) is 15.3. The second-order valence-electron chi connectivity index (χ2n) is 4.25. The van der Waals surface area contributed by atoms with Crippen molar-refractivity contribution in [1.82, 2.24) is 9.97 Å². The molecular weight excluding hydrogens is 356 g/mol. The van der Waals surface area contributed by atoms with E-state index in [1.165, 1.54) is 18.5 Å². The SMILES string of the molecule is CCCNc1ccc(S(=O)(=O)Nc2ncccc2Br)cn1. The second-order valence-corrected chi connectivity index (χ2v) is 6.78. The van der Waals surface area contributed by atoms with Gasteiger partial charge in [-0.25, -0.2) is 18.4 Å². The van der Waals surface area contributed by atoms with Crippen LogP contribution in [0.15, 0.2) is 46.0 Å². The van der Waals surface area contributed by atoms with Gasteiger partial charge in [-0.05, 0) is 46.6 Å². The molecule has 2 aromatic rings. The molecule has 8 heteroatoms. The van der Waals surface area contributed by atoms with E-state index in [1.807, 2.05) is 6.92 Å². The Morgan fingerprint density at radius 2 is 2.05 bits per heavy atom. The molecule has 0 aliphatic heterocycles. The van der Waals surface area contributed by atoms with E-state index in [9.17, 15) is 8.42 Å². The molecule has 0 fully saturated rings. The number of hydrogen-bond acceptors (Lipinski definition) is 5. The number of hydrogen-bond donors (Lipinski definition) is 2. The molecule has 0 atom stereocenters. The normalized spacial score (nSPS) is 11.1. The Hall–Kier alpha value is -1.67. The van der Waals surface area contributed by atoms with Crippen molar-refractivity contribution < 1.29 is 8.42 Å². The second kappa shape index (κ2) is 6.86. The molecule has 0 unspecified atom stereocenters. The van der Waals surface area contributed by atoms with Crippen molar-refractivity contribution in [3.8, 4) is 0 Å². The highest BCUT2D eigenvalue weighted by atomic mass is 79.9. The lowest BCUT2D eigenvalue weighted by Gasteiger charge is -2.09. The number of nitrogens with one attached hydrogen (secondary N) is 2. The van der Waals surface area contributed by atoms with Gasteiger partial charge in [-0.1, -0.05) is 6.92 Å². The van der Waals surface area contributed by atoms with Gasteiger partial charge in [-0.2, -0.15) is 0 Å². The van der Waals surface area contributed by atoms with Crippen LogP contribution < -0.4 is 10.0 Å². The molecule has 0 aliphatic rings. The Morgan fingerprint density at radius 1 is 1.24 bits per heavy atom. The molecule has 0 amide bonds. The highest BCUT2D eigenvalue weighted by Gasteiger charge is 2.16. The van der Waals surface area contributed by atoms with E-state index in [-0.39, 0.29) is 10.7 Å². The predicted octanol–water partition coefficient (Wildman–Crippen LogP) is 2.86. The topological polar surface area (TPSA) is 84.0 Å². The maximum atomic E-state index is 12.2. The van der Waals surface area contributed by atoms with Crippen LogP contribution in [0.1, 0.15) is 13.3 Å². The maximum Gasteiger partial charge on any atom is 0.264 e. The van der Waals surface area contributed by atoms with E-state index in [4.69, 9.17) is 0 Å². The van der Waals surface area contributed by atoms with Crippen LogP contribution in [0.25, 0.3) is 0 Å². The van der Waals surface area contributed by atoms with Gasteiger partial charge in [-0.15, -0.1) is 0 Å². The van der Waals surface area contributed by atoms with Crippen molar-refractivity contribution in [3.63, 3.8) is 0 Å². The van der Waals surface area contributed by atoms with Gasteiger partial charge in [0.05, 0.1) is 4.47 Å². The zero-order valence-electron chi connectivity index (χ0n) is 11.4. The lowest BCUT2D eigenvalue weighted by Crippen LogP contribution is -2.14. The molecule has 2 rings (SSSR count). The summed E-state index contributed by atoms with van der Waals surface area (Å²) in [6.07, 6.45) is 3.80. The van der Waals surface area contributed by atoms with Crippen molar-refractivity contribution in [1.29, 1.82) is 0 Å². The van der Waals surface area contributed by atoms with E-state index >= 15 is 0 Å². The summed E-state index contributed by atoms with van der Waals surface area (Å²) in [5, 5.41) is 3.09. The van der Waals surface area contributed by atoms with Gasteiger partial charge in [0.2, 0.25) is 0 Å². The van der Waals surface area contributed by atoms with Crippen LogP contribution in [0.5, 0.6) is 0 Å². The molecule has 0 aliphatic carbocycles. The summed E-state index contributed by atoms with van der Waals surface area (Å²) >= 11 is 3.25. The molecule has 0 aromatic carbocycles. The summed E-state index contributed by atoms with van der Waals surface area (Å²) in [5.74, 6) is 0.889. The van der Waals surface area contributed by atoms with Crippen LogP contribution in [0.3, 0.4) is 0 Å². The average Bonchev–Trinajstić information content (AvgIpc) is 2.48. The van der Waals surface area contributed by atoms with Crippen molar-refractivity contribution in [2.75, 3.05) is 16.6 Å². The fourth-order valence-electron chi connectivity index (χ4n) is 1.54. The predicted molar refractivity (Wildman–Crippen MR) is 85.8 cm³/mol. The highest BCUT2D eigenvalue weighted by molar-refractivity contribution is 9.10. The first-order valence-corrected chi connectivity index (χ1v) is 8.64. The Balaban J connectivity index is 2.18. The lowest BCUT2D eigenvalue weighted by atomic mass is 10.4. The summed E-state index contributed by atoms with van der Waals surface area (Å²) in [5.41, 5.74) is 0. The van der Waals surface area contributed by atoms with Crippen LogP contribution >= 0.6 is 15.9 Å². The lowest BCUT2D eigenvalue weighted by molar-refractivity contribution is 0.600. The Morgan fingerprint density at radius 3 is 2.67 bits per heavy atom. The molecule has 0 spiro atoms. The molecule has 0 radical (unpaired) electrons. The number of rotatable bonds is 6. The highest BCUT2D eigenvalue weighted by Crippen LogP contribution is 2.22. The Labute approximate surface area is 132 Å². The molecule has 2 aromatic heterocycles. The van der Waals surface area contributed by atoms with E-state index in [1.54, 1.807) is 18.2 Å². The summed E-state index contributed by atoms with van der Waals surface area (Å²) < 4.78 is 27.5. The molecule has 0 saturated carbocycles. The van der Waals surface area contributed by atoms with Gasteiger partial charge >= 0.3 is 0 Å². The van der Waals surface area contributed by atoms with Crippen LogP contribution in [0, 0.1) is 0 Å². The minimum atomic E-state index is -3.71. The summed E-state index contributed by atoms with van der Waals surface area (Å²) in [4.78, 5) is 8.15. The summed E-state index contributed by atoms with van der Waals surface area (Å²) in [6.45, 7) is 2.83. The third-order valence-electron chi connectivity index (χ3n) is 2.59. The Kier molecular flexibility index (Phi) is 5.13. The minimum absolute atomic E-state index is 0.0853. The molecule has 0 bridgehead atoms. The van der Waals surface area contributed by atoms with E-state index in [0.29, 0.717) is 10.3 Å². The number of sulfonamides is 1. The third kappa shape index (κ3) is 4.15. The first-order valence-electron chi connectivity index (χ1n) is 6.36. The molecule has 6 nitrogen and oxygen atoms in total. The smallest absolute Gasteiger partial charge is 0.264 e. The summed E-state index contributed by atoms with van der Waals surface area (Å²) in [6, 6.07) is 6.56. The molecule has 112 valence electrons. The van der Waals surface area contributed by atoms with E-state index < -0.39 is 10.0 Å². The van der Waals surface area contributed by atoms with Crippen molar-refractivity contribution in [2.45, 2.75) is 18.2 Å². The number of anilines is 2. The quantitative estimate of drug-likeness (QED) is 0.816. The van der Waals surface area contributed by atoms with E-state index in [2.05, 4.69) is 35.9 Å². The fourth-order valence-corrected chi connectivity index (χ4v) is 3.00. The maximum absolute atomic E-state index is 12.2. The van der Waals surface area contributed by atoms with Crippen LogP contribution in [0.2, 0.25) is 0 Å². The Bertz CT molecular complexity index is 704. The third-order valence-corrected chi connectivity index (χ3v) is 4.56. The van der Waals surface area contributed by atoms with Crippen LogP contribution in [-0.2, 0) is 10.0 Å². The van der Waals surface area contributed by atoms with Gasteiger partial charge < -0.3 is 5.32 Å². The zero-order valence-corrected chi connectivity index (χ0v) is 13.8. The molecule has 21 heavy (non-hydrogen) atoms. The number of pyridine rings is 2. The van der Waals surface area contributed by atoms with Gasteiger partial charge in [0.1, 0.15) is 10.7 Å². The van der Waals surface area contributed by atoms with Crippen molar-refractivity contribution in [2.24, 2.45) is 0 Å². The molecule has 2 heterocycles. The minimum Gasteiger partial charge on any atom is -0.370 e. The van der Waals surface area contributed by atoms with Crippen LogP contribution in [0.4, 0.5) is 11.6 Å². The number of nitrogens with zero attached hydrogens (tertiary/aromatic N) is 2. The van der Waals surface area contributed by atoms with Crippen molar-refractivity contribution in [3.05, 3.63) is 41.1 Å². The molecule has 0 saturated heterocycles. The average molecular weight is 371 g/mol. The monoisotopic (exact) mass is 370 g/mol. The van der Waals surface area contributed by atoms with E-state index in [0.717, 1.165) is 13.0 Å². The summed E-state index contributed by atoms with van der Waals surface area (Å²) in [7, 11) is -3.71. The van der Waals surface area contributed by atoms with Gasteiger partial charge in [0.25, 0.3) is 10.0 Å². The van der Waals surface area contributed by atoms with Gasteiger partial charge in [0, 0.05) is 18.9 Å². The van der Waals surface area contributed by atoms with Gasteiger partial charge in [-0.3, -0.25) is 4.72 Å². The first-order chi connectivity index (χ1) is 10.0.